The second kappa shape index (κ2) is 6.25. The Hall–Kier alpha value is -0.990. The monoisotopic (exact) mass is 328 g/mol. The quantitative estimate of drug-likeness (QED) is 0.798. The van der Waals surface area contributed by atoms with Crippen molar-refractivity contribution in [2.75, 3.05) is 26.0 Å². The zero-order valence-electron chi connectivity index (χ0n) is 13.2. The van der Waals surface area contributed by atoms with Crippen LogP contribution >= 0.6 is 0 Å². The lowest BCUT2D eigenvalue weighted by Gasteiger charge is -2.32. The Bertz CT molecular complexity index is 628. The lowest BCUT2D eigenvalue weighted by atomic mass is 9.99. The maximum atomic E-state index is 12.5. The van der Waals surface area contributed by atoms with Gasteiger partial charge in [-0.05, 0) is 26.2 Å². The van der Waals surface area contributed by atoms with E-state index in [1.54, 1.807) is 18.3 Å². The molecule has 2 aliphatic heterocycles. The van der Waals surface area contributed by atoms with Gasteiger partial charge in [0, 0.05) is 39.1 Å². The van der Waals surface area contributed by atoms with Gasteiger partial charge in [0.1, 0.15) is 11.6 Å². The number of nitrogens with zero attached hydrogens (tertiary/aromatic N) is 4. The van der Waals surface area contributed by atoms with Crippen LogP contribution in [-0.2, 0) is 27.7 Å². The molecule has 22 heavy (non-hydrogen) atoms. The van der Waals surface area contributed by atoms with Gasteiger partial charge in [0.2, 0.25) is 10.0 Å². The molecule has 7 nitrogen and oxygen atoms in total. The highest BCUT2D eigenvalue weighted by Crippen LogP contribution is 2.29. The number of sulfonamides is 1. The molecule has 8 heteroatoms. The summed E-state index contributed by atoms with van der Waals surface area (Å²) in [5.41, 5.74) is 0. The summed E-state index contributed by atoms with van der Waals surface area (Å²) in [6.45, 7) is 3.85. The molecule has 0 bridgehead atoms. The summed E-state index contributed by atoms with van der Waals surface area (Å²) in [4.78, 5) is 0. The van der Waals surface area contributed by atoms with Crippen LogP contribution < -0.4 is 0 Å². The molecule has 3 heterocycles. The van der Waals surface area contributed by atoms with Gasteiger partial charge in [0.05, 0.1) is 11.9 Å². The fourth-order valence-electron chi connectivity index (χ4n) is 3.35. The van der Waals surface area contributed by atoms with E-state index in [-0.39, 0.29) is 17.8 Å². The Morgan fingerprint density at radius 1 is 1.32 bits per heavy atom. The van der Waals surface area contributed by atoms with Gasteiger partial charge >= 0.3 is 0 Å². The highest BCUT2D eigenvalue weighted by Gasteiger charge is 2.33. The van der Waals surface area contributed by atoms with Crippen LogP contribution in [0.3, 0.4) is 0 Å². The molecule has 0 saturated carbocycles. The van der Waals surface area contributed by atoms with Crippen LogP contribution in [0.25, 0.3) is 0 Å². The molecule has 0 spiro atoms. The van der Waals surface area contributed by atoms with Crippen molar-refractivity contribution in [2.45, 2.75) is 51.2 Å². The van der Waals surface area contributed by atoms with Crippen molar-refractivity contribution in [1.82, 2.24) is 19.1 Å². The predicted octanol–water partition coefficient (Wildman–Crippen LogP) is 0.768. The molecule has 1 fully saturated rings. The molecule has 0 aliphatic carbocycles. The Morgan fingerprint density at radius 2 is 2.14 bits per heavy atom. The fraction of sp³-hybridized carbons (Fsp3) is 0.857. The van der Waals surface area contributed by atoms with E-state index in [2.05, 4.69) is 14.8 Å². The molecule has 1 aromatic rings. The first kappa shape index (κ1) is 15.9. The topological polar surface area (TPSA) is 77.3 Å². The third kappa shape index (κ3) is 3.04. The largest absolute Gasteiger partial charge is 0.381 e. The van der Waals surface area contributed by atoms with Crippen molar-refractivity contribution >= 4 is 10.0 Å². The van der Waals surface area contributed by atoms with Gasteiger partial charge < -0.3 is 9.30 Å². The van der Waals surface area contributed by atoms with Gasteiger partial charge in [-0.1, -0.05) is 0 Å². The van der Waals surface area contributed by atoms with Crippen LogP contribution in [-0.4, -0.2) is 59.5 Å². The summed E-state index contributed by atoms with van der Waals surface area (Å²) < 4.78 is 33.9. The fourth-order valence-corrected chi connectivity index (χ4v) is 5.11. The maximum Gasteiger partial charge on any atom is 0.216 e. The van der Waals surface area contributed by atoms with Gasteiger partial charge in [-0.3, -0.25) is 0 Å². The van der Waals surface area contributed by atoms with Crippen LogP contribution in [0.15, 0.2) is 0 Å². The van der Waals surface area contributed by atoms with Crippen molar-refractivity contribution in [3.05, 3.63) is 11.6 Å². The molecule has 3 rings (SSSR count). The Morgan fingerprint density at radius 3 is 2.91 bits per heavy atom. The van der Waals surface area contributed by atoms with E-state index in [0.29, 0.717) is 13.1 Å². The molecule has 1 saturated heterocycles. The molecule has 0 radical (unpaired) electrons. The maximum absolute atomic E-state index is 12.5. The molecule has 0 aromatic carbocycles. The second-order valence-corrected chi connectivity index (χ2v) is 8.27. The Balaban J connectivity index is 1.74. The van der Waals surface area contributed by atoms with E-state index in [4.69, 9.17) is 4.74 Å². The van der Waals surface area contributed by atoms with Crippen LogP contribution in [0.2, 0.25) is 0 Å². The first-order chi connectivity index (χ1) is 10.5. The number of piperidine rings is 1. The predicted molar refractivity (Wildman–Crippen MR) is 82.1 cm³/mol. The second-order valence-electron chi connectivity index (χ2n) is 6.25. The summed E-state index contributed by atoms with van der Waals surface area (Å²) in [5, 5.41) is 8.57. The van der Waals surface area contributed by atoms with Gasteiger partial charge in [-0.2, -0.15) is 0 Å². The summed E-state index contributed by atoms with van der Waals surface area (Å²) in [7, 11) is -1.74. The third-order valence-corrected chi connectivity index (χ3v) is 6.64. The lowest BCUT2D eigenvalue weighted by Crippen LogP contribution is -2.42. The van der Waals surface area contributed by atoms with Crippen molar-refractivity contribution in [1.29, 1.82) is 0 Å². The molecular formula is C14H24N4O3S. The zero-order valence-corrected chi connectivity index (χ0v) is 14.0. The van der Waals surface area contributed by atoms with Crippen molar-refractivity contribution < 1.29 is 13.2 Å². The van der Waals surface area contributed by atoms with E-state index >= 15 is 0 Å². The summed E-state index contributed by atoms with van der Waals surface area (Å²) in [5.74, 6) is 2.20. The molecule has 2 atom stereocenters. The molecule has 124 valence electrons. The molecule has 2 aliphatic rings. The SMILES string of the molecule is COC(C)CS(=O)(=O)N1CCCC(c2nnc3n2CCC3)C1. The summed E-state index contributed by atoms with van der Waals surface area (Å²) in [6.07, 6.45) is 3.64. The van der Waals surface area contributed by atoms with Crippen LogP contribution in [0, 0.1) is 0 Å². The van der Waals surface area contributed by atoms with Gasteiger partial charge in [0.15, 0.2) is 0 Å². The number of ether oxygens (including phenoxy) is 1. The highest BCUT2D eigenvalue weighted by atomic mass is 32.2. The first-order valence-corrected chi connectivity index (χ1v) is 9.55. The Labute approximate surface area is 131 Å². The van der Waals surface area contributed by atoms with Crippen LogP contribution in [0.1, 0.15) is 43.8 Å². The number of hydrogen-bond acceptors (Lipinski definition) is 5. The molecule has 1 aromatic heterocycles. The average molecular weight is 328 g/mol. The molecule has 0 amide bonds. The van der Waals surface area contributed by atoms with Crippen molar-refractivity contribution in [3.8, 4) is 0 Å². The first-order valence-electron chi connectivity index (χ1n) is 7.94. The number of hydrogen-bond donors (Lipinski definition) is 0. The van der Waals surface area contributed by atoms with Gasteiger partial charge in [-0.15, -0.1) is 10.2 Å². The Kier molecular flexibility index (Phi) is 4.52. The number of fused-ring (bicyclic) bond motifs is 1. The number of methoxy groups -OCH3 is 1. The van der Waals surface area contributed by atoms with E-state index in [9.17, 15) is 8.42 Å². The average Bonchev–Trinajstić information content (AvgIpc) is 3.09. The van der Waals surface area contributed by atoms with Crippen molar-refractivity contribution in [2.24, 2.45) is 0 Å². The normalized spacial score (nSPS) is 24.4. The van der Waals surface area contributed by atoms with E-state index in [0.717, 1.165) is 43.9 Å². The molecular weight excluding hydrogens is 304 g/mol. The third-order valence-electron chi connectivity index (χ3n) is 4.63. The number of rotatable bonds is 5. The highest BCUT2D eigenvalue weighted by molar-refractivity contribution is 7.89. The lowest BCUT2D eigenvalue weighted by molar-refractivity contribution is 0.134. The van der Waals surface area contributed by atoms with Crippen molar-refractivity contribution in [3.63, 3.8) is 0 Å². The van der Waals surface area contributed by atoms with E-state index < -0.39 is 10.0 Å². The minimum atomic E-state index is -3.28. The minimum absolute atomic E-state index is 0.0359. The summed E-state index contributed by atoms with van der Waals surface area (Å²) >= 11 is 0. The van der Waals surface area contributed by atoms with E-state index in [1.165, 1.54) is 0 Å². The van der Waals surface area contributed by atoms with Gasteiger partial charge in [0.25, 0.3) is 0 Å². The minimum Gasteiger partial charge on any atom is -0.381 e. The summed E-state index contributed by atoms with van der Waals surface area (Å²) in [6, 6.07) is 0. The smallest absolute Gasteiger partial charge is 0.216 e. The van der Waals surface area contributed by atoms with Crippen LogP contribution in [0.5, 0.6) is 0 Å². The number of aryl methyl sites for hydroxylation is 1. The van der Waals surface area contributed by atoms with Gasteiger partial charge in [-0.25, -0.2) is 12.7 Å². The molecule has 2 unspecified atom stereocenters. The van der Waals surface area contributed by atoms with E-state index in [1.807, 2.05) is 0 Å². The molecule has 0 N–H and O–H groups in total. The standard InChI is InChI=1S/C14H24N4O3S/c1-11(21-2)10-22(19,20)17-7-3-5-12(9-17)14-16-15-13-6-4-8-18(13)14/h11-12H,3-10H2,1-2H3. The number of aromatic nitrogens is 3. The van der Waals surface area contributed by atoms with Crippen LogP contribution in [0.4, 0.5) is 0 Å². The zero-order chi connectivity index (χ0) is 15.7.